The van der Waals surface area contributed by atoms with Gasteiger partial charge in [0.15, 0.2) is 5.78 Å². The predicted octanol–water partition coefficient (Wildman–Crippen LogP) is 2.25. The number of aromatic nitrogens is 2. The van der Waals surface area contributed by atoms with Crippen molar-refractivity contribution in [1.82, 2.24) is 14.9 Å². The largest absolute Gasteiger partial charge is 0.490 e. The highest BCUT2D eigenvalue weighted by Crippen LogP contribution is 2.24. The zero-order valence-corrected chi connectivity index (χ0v) is 13.3. The zero-order valence-electron chi connectivity index (χ0n) is 13.3. The first-order valence-corrected chi connectivity index (χ1v) is 7.89. The molecule has 1 atom stereocenters. The number of nitrogens with zero attached hydrogens (tertiary/aromatic N) is 2. The molecule has 1 aliphatic heterocycles. The van der Waals surface area contributed by atoms with Crippen LogP contribution in [-0.2, 0) is 0 Å². The monoisotopic (exact) mass is 333 g/mol. The number of ketones is 1. The number of hydrogen-bond donors (Lipinski definition) is 1. The molecule has 25 heavy (non-hydrogen) atoms. The van der Waals surface area contributed by atoms with Crippen LogP contribution in [0.3, 0.4) is 0 Å². The predicted molar refractivity (Wildman–Crippen MR) is 91.1 cm³/mol. The van der Waals surface area contributed by atoms with E-state index in [0.29, 0.717) is 17.0 Å². The fourth-order valence-electron chi connectivity index (χ4n) is 2.83. The van der Waals surface area contributed by atoms with Crippen LogP contribution in [0.2, 0.25) is 0 Å². The molecule has 1 N–H and O–H groups in total. The van der Waals surface area contributed by atoms with E-state index in [2.05, 4.69) is 10.3 Å². The molecule has 1 unspecified atom stereocenters. The molecule has 2 heterocycles. The first-order chi connectivity index (χ1) is 12.2. The van der Waals surface area contributed by atoms with Crippen molar-refractivity contribution in [2.75, 3.05) is 6.61 Å². The third-order valence-corrected chi connectivity index (χ3v) is 4.09. The van der Waals surface area contributed by atoms with Crippen molar-refractivity contribution in [2.24, 2.45) is 0 Å². The van der Waals surface area contributed by atoms with E-state index < -0.39 is 6.04 Å². The second kappa shape index (κ2) is 6.24. The Bertz CT molecular complexity index is 934. The molecule has 3 aromatic rings. The van der Waals surface area contributed by atoms with E-state index in [4.69, 9.17) is 4.74 Å². The van der Waals surface area contributed by atoms with Gasteiger partial charge in [-0.05, 0) is 24.3 Å². The Kier molecular flexibility index (Phi) is 3.78. The van der Waals surface area contributed by atoms with Gasteiger partial charge in [0, 0.05) is 5.69 Å². The molecule has 1 amide bonds. The van der Waals surface area contributed by atoms with E-state index in [0.717, 1.165) is 5.69 Å². The van der Waals surface area contributed by atoms with Gasteiger partial charge in [-0.3, -0.25) is 14.2 Å². The van der Waals surface area contributed by atoms with E-state index in [9.17, 15) is 9.59 Å². The number of Topliss-reactive ketones (excluding diaryl/α,β-unsaturated/α-hetero) is 1. The van der Waals surface area contributed by atoms with Gasteiger partial charge >= 0.3 is 0 Å². The second-order valence-electron chi connectivity index (χ2n) is 5.68. The van der Waals surface area contributed by atoms with Crippen LogP contribution in [0.25, 0.3) is 5.69 Å². The van der Waals surface area contributed by atoms with Crippen LogP contribution in [0.15, 0.2) is 67.1 Å². The second-order valence-corrected chi connectivity index (χ2v) is 5.68. The van der Waals surface area contributed by atoms with E-state index in [-0.39, 0.29) is 18.3 Å². The van der Waals surface area contributed by atoms with Crippen LogP contribution in [-0.4, -0.2) is 33.9 Å². The maximum atomic E-state index is 12.6. The number of carbonyl (C=O) groups excluding carboxylic acids is 2. The number of ether oxygens (including phenoxy) is 1. The number of para-hydroxylation sites is 2. The van der Waals surface area contributed by atoms with Gasteiger partial charge in [-0.25, -0.2) is 4.98 Å². The molecule has 1 aromatic heterocycles. The quantitative estimate of drug-likeness (QED) is 0.798. The lowest BCUT2D eigenvalue weighted by Gasteiger charge is -2.24. The van der Waals surface area contributed by atoms with Crippen molar-refractivity contribution in [3.63, 3.8) is 0 Å². The molecule has 0 saturated carbocycles. The van der Waals surface area contributed by atoms with E-state index in [1.807, 2.05) is 36.4 Å². The Balaban J connectivity index is 1.56. The van der Waals surface area contributed by atoms with Gasteiger partial charge in [-0.2, -0.15) is 0 Å². The number of amides is 1. The van der Waals surface area contributed by atoms with Gasteiger partial charge in [0.05, 0.1) is 18.1 Å². The minimum absolute atomic E-state index is 0.112. The normalized spacial score (nSPS) is 16.0. The minimum atomic E-state index is -0.721. The van der Waals surface area contributed by atoms with E-state index in [1.54, 1.807) is 29.1 Å². The highest BCUT2D eigenvalue weighted by Gasteiger charge is 2.30. The highest BCUT2D eigenvalue weighted by molar-refractivity contribution is 6.06. The van der Waals surface area contributed by atoms with Crippen LogP contribution >= 0.6 is 0 Å². The SMILES string of the molecule is O=C(NC1COc2ccccc2C1=O)c1cncn1-c1ccccc1. The van der Waals surface area contributed by atoms with Crippen molar-refractivity contribution in [3.05, 3.63) is 78.4 Å². The first-order valence-electron chi connectivity index (χ1n) is 7.89. The van der Waals surface area contributed by atoms with E-state index in [1.165, 1.54) is 6.20 Å². The van der Waals surface area contributed by atoms with Crippen LogP contribution < -0.4 is 10.1 Å². The van der Waals surface area contributed by atoms with Crippen molar-refractivity contribution in [3.8, 4) is 11.4 Å². The van der Waals surface area contributed by atoms with Crippen molar-refractivity contribution < 1.29 is 14.3 Å². The summed E-state index contributed by atoms with van der Waals surface area (Å²) in [5.41, 5.74) is 1.66. The molecule has 0 aliphatic carbocycles. The molecule has 4 rings (SSSR count). The summed E-state index contributed by atoms with van der Waals surface area (Å²) in [6.07, 6.45) is 3.04. The molecule has 1 aliphatic rings. The van der Waals surface area contributed by atoms with Gasteiger partial charge < -0.3 is 10.1 Å². The third kappa shape index (κ3) is 2.78. The number of fused-ring (bicyclic) bond motifs is 1. The molecular weight excluding hydrogens is 318 g/mol. The molecule has 6 nitrogen and oxygen atoms in total. The summed E-state index contributed by atoms with van der Waals surface area (Å²) in [7, 11) is 0. The number of nitrogens with one attached hydrogen (secondary N) is 1. The molecule has 6 heteroatoms. The number of benzene rings is 2. The van der Waals surface area contributed by atoms with Crippen LogP contribution in [0.5, 0.6) is 5.75 Å². The summed E-state index contributed by atoms with van der Waals surface area (Å²) < 4.78 is 7.26. The molecule has 0 fully saturated rings. The van der Waals surface area contributed by atoms with Gasteiger partial charge in [-0.1, -0.05) is 30.3 Å². The van der Waals surface area contributed by atoms with Gasteiger partial charge in [-0.15, -0.1) is 0 Å². The Labute approximate surface area is 144 Å². The molecule has 0 saturated heterocycles. The molecule has 0 spiro atoms. The lowest BCUT2D eigenvalue weighted by Crippen LogP contribution is -2.47. The highest BCUT2D eigenvalue weighted by atomic mass is 16.5. The number of imidazole rings is 1. The number of hydrogen-bond acceptors (Lipinski definition) is 4. The minimum Gasteiger partial charge on any atom is -0.490 e. The summed E-state index contributed by atoms with van der Waals surface area (Å²) >= 11 is 0. The van der Waals surface area contributed by atoms with Crippen molar-refractivity contribution >= 4 is 11.7 Å². The Hall–Kier alpha value is -3.41. The van der Waals surface area contributed by atoms with Crippen LogP contribution in [0.1, 0.15) is 20.8 Å². The Morgan fingerprint density at radius 3 is 2.72 bits per heavy atom. The van der Waals surface area contributed by atoms with Crippen molar-refractivity contribution in [2.45, 2.75) is 6.04 Å². The zero-order chi connectivity index (χ0) is 17.2. The summed E-state index contributed by atoms with van der Waals surface area (Å²) in [6, 6.07) is 15.7. The topological polar surface area (TPSA) is 73.2 Å². The molecular formula is C19H15N3O3. The average Bonchev–Trinajstić information content (AvgIpc) is 3.15. The standard InChI is InChI=1S/C19H15N3O3/c23-18-14-8-4-5-9-17(14)25-11-15(18)21-19(24)16-10-20-12-22(16)13-6-2-1-3-7-13/h1-10,12,15H,11H2,(H,21,24). The summed E-state index contributed by atoms with van der Waals surface area (Å²) in [5.74, 6) is 0.0241. The molecule has 0 bridgehead atoms. The molecule has 0 radical (unpaired) electrons. The van der Waals surface area contributed by atoms with Gasteiger partial charge in [0.25, 0.3) is 5.91 Å². The molecule has 124 valence electrons. The maximum Gasteiger partial charge on any atom is 0.270 e. The number of carbonyl (C=O) groups is 2. The average molecular weight is 333 g/mol. The van der Waals surface area contributed by atoms with E-state index >= 15 is 0 Å². The smallest absolute Gasteiger partial charge is 0.270 e. The fraction of sp³-hybridized carbons (Fsp3) is 0.105. The van der Waals surface area contributed by atoms with Crippen molar-refractivity contribution in [1.29, 1.82) is 0 Å². The third-order valence-electron chi connectivity index (χ3n) is 4.09. The lowest BCUT2D eigenvalue weighted by atomic mass is 10.0. The van der Waals surface area contributed by atoms with Crippen LogP contribution in [0.4, 0.5) is 0 Å². The van der Waals surface area contributed by atoms with Crippen LogP contribution in [0, 0.1) is 0 Å². The van der Waals surface area contributed by atoms with Gasteiger partial charge in [0.2, 0.25) is 0 Å². The molecule has 2 aromatic carbocycles. The summed E-state index contributed by atoms with van der Waals surface area (Å²) in [5, 5.41) is 2.75. The summed E-state index contributed by atoms with van der Waals surface area (Å²) in [4.78, 5) is 29.3. The Morgan fingerprint density at radius 2 is 1.88 bits per heavy atom. The maximum absolute atomic E-state index is 12.6. The summed E-state index contributed by atoms with van der Waals surface area (Å²) in [6.45, 7) is 0.112. The number of rotatable bonds is 3. The first kappa shape index (κ1) is 15.1. The lowest BCUT2D eigenvalue weighted by molar-refractivity contribution is 0.0792. The Morgan fingerprint density at radius 1 is 1.12 bits per heavy atom. The fourth-order valence-corrected chi connectivity index (χ4v) is 2.83. The van der Waals surface area contributed by atoms with Gasteiger partial charge in [0.1, 0.15) is 24.1 Å².